The van der Waals surface area contributed by atoms with Gasteiger partial charge in [-0.1, -0.05) is 0 Å². The highest BCUT2D eigenvalue weighted by Crippen LogP contribution is 2.35. The van der Waals surface area contributed by atoms with Crippen molar-refractivity contribution in [3.8, 4) is 11.5 Å². The first kappa shape index (κ1) is 16.2. The Bertz CT molecular complexity index is 685. The van der Waals surface area contributed by atoms with E-state index in [0.717, 1.165) is 43.1 Å². The van der Waals surface area contributed by atoms with Crippen LogP contribution in [0.1, 0.15) is 26.2 Å². The molecule has 0 aromatic heterocycles. The lowest BCUT2D eigenvalue weighted by molar-refractivity contribution is -0.139. The van der Waals surface area contributed by atoms with Crippen LogP contribution in [0.5, 0.6) is 11.5 Å². The summed E-state index contributed by atoms with van der Waals surface area (Å²) in [5.74, 6) is 1.48. The maximum absolute atomic E-state index is 12.3. The molecule has 7 nitrogen and oxygen atoms in total. The maximum Gasteiger partial charge on any atom is 0.247 e. The molecule has 7 heteroatoms. The van der Waals surface area contributed by atoms with Gasteiger partial charge in [-0.15, -0.1) is 0 Å². The molecule has 0 unspecified atom stereocenters. The summed E-state index contributed by atoms with van der Waals surface area (Å²) in [6.07, 6.45) is 2.21. The number of carbonyl (C=O) groups is 2. The molecular weight excluding hydrogens is 322 g/mol. The quantitative estimate of drug-likeness (QED) is 0.833. The number of benzene rings is 1. The van der Waals surface area contributed by atoms with Crippen LogP contribution in [0.15, 0.2) is 18.2 Å². The van der Waals surface area contributed by atoms with Crippen LogP contribution in [0.2, 0.25) is 0 Å². The van der Waals surface area contributed by atoms with E-state index in [1.165, 1.54) is 4.90 Å². The number of piperidine rings is 1. The maximum atomic E-state index is 12.3. The van der Waals surface area contributed by atoms with E-state index < -0.39 is 0 Å². The molecule has 0 saturated carbocycles. The van der Waals surface area contributed by atoms with Crippen LogP contribution in [0.4, 0.5) is 5.69 Å². The third-order valence-corrected chi connectivity index (χ3v) is 5.25. The molecule has 0 bridgehead atoms. The number of ether oxygens (including phenoxy) is 2. The van der Waals surface area contributed by atoms with Crippen LogP contribution in [0.3, 0.4) is 0 Å². The van der Waals surface area contributed by atoms with E-state index in [1.807, 2.05) is 25.1 Å². The van der Waals surface area contributed by atoms with E-state index in [2.05, 4.69) is 10.2 Å². The molecule has 1 atom stereocenters. The first-order valence-corrected chi connectivity index (χ1v) is 8.90. The lowest BCUT2D eigenvalue weighted by Crippen LogP contribution is -2.47. The SMILES string of the molecule is CCN1C(=O)C[C@@H](N2CCC(Nc3ccc4c(c3)OCO4)CC2)C1=O. The fourth-order valence-electron chi connectivity index (χ4n) is 3.86. The van der Waals surface area contributed by atoms with E-state index in [9.17, 15) is 9.59 Å². The first-order chi connectivity index (χ1) is 12.2. The summed E-state index contributed by atoms with van der Waals surface area (Å²) in [6, 6.07) is 5.97. The second-order valence-electron chi connectivity index (χ2n) is 6.72. The molecule has 3 heterocycles. The summed E-state index contributed by atoms with van der Waals surface area (Å²) in [7, 11) is 0. The molecule has 0 spiro atoms. The standard InChI is InChI=1S/C18H23N3O4/c1-2-21-17(22)10-14(18(21)23)20-7-5-12(6-8-20)19-13-3-4-15-16(9-13)25-11-24-15/h3-4,9,12,14,19H,2,5-8,10-11H2,1H3/t14-/m1/s1. The van der Waals surface area contributed by atoms with Gasteiger partial charge in [0.2, 0.25) is 18.6 Å². The molecule has 1 aromatic carbocycles. The highest BCUT2D eigenvalue weighted by Gasteiger charge is 2.41. The van der Waals surface area contributed by atoms with Gasteiger partial charge in [-0.3, -0.25) is 19.4 Å². The van der Waals surface area contributed by atoms with Gasteiger partial charge in [-0.2, -0.15) is 0 Å². The Labute approximate surface area is 146 Å². The van der Waals surface area contributed by atoms with Gasteiger partial charge in [0.25, 0.3) is 0 Å². The molecule has 1 aromatic rings. The summed E-state index contributed by atoms with van der Waals surface area (Å²) < 4.78 is 10.7. The number of hydrogen-bond acceptors (Lipinski definition) is 6. The molecule has 4 rings (SSSR count). The van der Waals surface area contributed by atoms with Crippen LogP contribution in [0, 0.1) is 0 Å². The van der Waals surface area contributed by atoms with Crippen molar-refractivity contribution in [2.75, 3.05) is 31.7 Å². The van der Waals surface area contributed by atoms with Gasteiger partial charge in [-0.25, -0.2) is 0 Å². The molecule has 2 fully saturated rings. The number of imide groups is 1. The van der Waals surface area contributed by atoms with Crippen molar-refractivity contribution < 1.29 is 19.1 Å². The Kier molecular flexibility index (Phi) is 4.25. The van der Waals surface area contributed by atoms with Crippen molar-refractivity contribution in [2.45, 2.75) is 38.3 Å². The van der Waals surface area contributed by atoms with E-state index in [-0.39, 0.29) is 24.6 Å². The fourth-order valence-corrected chi connectivity index (χ4v) is 3.86. The third kappa shape index (κ3) is 3.04. The highest BCUT2D eigenvalue weighted by atomic mass is 16.7. The minimum Gasteiger partial charge on any atom is -0.454 e. The first-order valence-electron chi connectivity index (χ1n) is 8.90. The summed E-state index contributed by atoms with van der Waals surface area (Å²) in [6.45, 7) is 4.24. The summed E-state index contributed by atoms with van der Waals surface area (Å²) in [5, 5.41) is 3.54. The number of fused-ring (bicyclic) bond motifs is 1. The van der Waals surface area contributed by atoms with Gasteiger partial charge in [0.15, 0.2) is 11.5 Å². The zero-order valence-corrected chi connectivity index (χ0v) is 14.4. The number of anilines is 1. The Morgan fingerprint density at radius 2 is 1.92 bits per heavy atom. The number of nitrogens with one attached hydrogen (secondary N) is 1. The lowest BCUT2D eigenvalue weighted by Gasteiger charge is -2.35. The normalized spacial score (nSPS) is 24.2. The minimum absolute atomic E-state index is 0.0327. The number of carbonyl (C=O) groups excluding carboxylic acids is 2. The average molecular weight is 345 g/mol. The predicted octanol–water partition coefficient (Wildman–Crippen LogP) is 1.44. The van der Waals surface area contributed by atoms with Crippen LogP contribution in [0.25, 0.3) is 0 Å². The van der Waals surface area contributed by atoms with Crippen LogP contribution in [-0.2, 0) is 9.59 Å². The number of rotatable bonds is 4. The third-order valence-electron chi connectivity index (χ3n) is 5.25. The second kappa shape index (κ2) is 6.55. The number of likely N-dealkylation sites (N-methyl/N-ethyl adjacent to an activating group) is 1. The van der Waals surface area contributed by atoms with Crippen molar-refractivity contribution in [3.63, 3.8) is 0 Å². The number of likely N-dealkylation sites (tertiary alicyclic amines) is 2. The van der Waals surface area contributed by atoms with E-state index >= 15 is 0 Å². The number of nitrogens with zero attached hydrogens (tertiary/aromatic N) is 2. The molecule has 2 amide bonds. The summed E-state index contributed by atoms with van der Waals surface area (Å²) in [4.78, 5) is 27.8. The lowest BCUT2D eigenvalue weighted by atomic mass is 10.0. The van der Waals surface area contributed by atoms with Crippen molar-refractivity contribution in [1.29, 1.82) is 0 Å². The van der Waals surface area contributed by atoms with Crippen molar-refractivity contribution in [1.82, 2.24) is 9.80 Å². The predicted molar refractivity (Wildman–Crippen MR) is 91.6 cm³/mol. The van der Waals surface area contributed by atoms with Crippen molar-refractivity contribution in [2.24, 2.45) is 0 Å². The zero-order valence-electron chi connectivity index (χ0n) is 14.4. The molecule has 25 heavy (non-hydrogen) atoms. The zero-order chi connectivity index (χ0) is 17.4. The fraction of sp³-hybridized carbons (Fsp3) is 0.556. The smallest absolute Gasteiger partial charge is 0.247 e. The van der Waals surface area contributed by atoms with Crippen LogP contribution in [-0.4, -0.2) is 60.1 Å². The average Bonchev–Trinajstić information content (AvgIpc) is 3.19. The van der Waals surface area contributed by atoms with Crippen LogP contribution < -0.4 is 14.8 Å². The Balaban J connectivity index is 1.33. The van der Waals surface area contributed by atoms with Gasteiger partial charge in [0.05, 0.1) is 12.5 Å². The summed E-state index contributed by atoms with van der Waals surface area (Å²) >= 11 is 0. The Hall–Kier alpha value is -2.28. The molecule has 0 aliphatic carbocycles. The molecule has 0 radical (unpaired) electrons. The highest BCUT2D eigenvalue weighted by molar-refractivity contribution is 6.05. The monoisotopic (exact) mass is 345 g/mol. The summed E-state index contributed by atoms with van der Waals surface area (Å²) in [5.41, 5.74) is 1.02. The van der Waals surface area contributed by atoms with Crippen molar-refractivity contribution >= 4 is 17.5 Å². The van der Waals surface area contributed by atoms with Gasteiger partial charge in [0, 0.05) is 37.4 Å². The Morgan fingerprint density at radius 1 is 1.16 bits per heavy atom. The van der Waals surface area contributed by atoms with Gasteiger partial charge < -0.3 is 14.8 Å². The van der Waals surface area contributed by atoms with Gasteiger partial charge in [-0.05, 0) is 31.9 Å². The molecule has 2 saturated heterocycles. The molecule has 3 aliphatic heterocycles. The van der Waals surface area contributed by atoms with Crippen LogP contribution >= 0.6 is 0 Å². The van der Waals surface area contributed by atoms with Gasteiger partial charge in [0.1, 0.15) is 0 Å². The minimum atomic E-state index is -0.265. The molecule has 134 valence electrons. The Morgan fingerprint density at radius 3 is 2.64 bits per heavy atom. The topological polar surface area (TPSA) is 71.1 Å². The van der Waals surface area contributed by atoms with Crippen molar-refractivity contribution in [3.05, 3.63) is 18.2 Å². The molecule has 3 aliphatic rings. The number of hydrogen-bond donors (Lipinski definition) is 1. The van der Waals surface area contributed by atoms with E-state index in [1.54, 1.807) is 0 Å². The molecular formula is C18H23N3O4. The van der Waals surface area contributed by atoms with E-state index in [0.29, 0.717) is 19.0 Å². The van der Waals surface area contributed by atoms with Gasteiger partial charge >= 0.3 is 0 Å². The second-order valence-corrected chi connectivity index (χ2v) is 6.72. The van der Waals surface area contributed by atoms with E-state index in [4.69, 9.17) is 9.47 Å². The molecule has 1 N–H and O–H groups in total. The number of amides is 2. The largest absolute Gasteiger partial charge is 0.454 e.